The predicted molar refractivity (Wildman–Crippen MR) is 105 cm³/mol. The van der Waals surface area contributed by atoms with E-state index in [1.807, 2.05) is 31.2 Å². The average Bonchev–Trinajstić information content (AvgIpc) is 2.96. The van der Waals surface area contributed by atoms with Gasteiger partial charge in [-0.25, -0.2) is 4.79 Å². The second kappa shape index (κ2) is 8.55. The lowest BCUT2D eigenvalue weighted by molar-refractivity contribution is -0.137. The maximum absolute atomic E-state index is 12.6. The molecule has 0 saturated carbocycles. The quantitative estimate of drug-likeness (QED) is 0.653. The van der Waals surface area contributed by atoms with Crippen LogP contribution in [0.1, 0.15) is 24.5 Å². The summed E-state index contributed by atoms with van der Waals surface area (Å²) in [6, 6.07) is 12.3. The van der Waals surface area contributed by atoms with Crippen LogP contribution in [0.4, 0.5) is 13.2 Å². The molecule has 2 aromatic carbocycles. The molecule has 0 spiro atoms. The van der Waals surface area contributed by atoms with Crippen LogP contribution >= 0.6 is 0 Å². The van der Waals surface area contributed by atoms with Crippen LogP contribution in [0, 0.1) is 0 Å². The molecule has 0 saturated heterocycles. The van der Waals surface area contributed by atoms with E-state index < -0.39 is 11.7 Å². The van der Waals surface area contributed by atoms with Crippen LogP contribution in [-0.2, 0) is 30.5 Å². The van der Waals surface area contributed by atoms with E-state index in [2.05, 4.69) is 5.32 Å². The van der Waals surface area contributed by atoms with Crippen LogP contribution in [0.25, 0.3) is 11.0 Å². The van der Waals surface area contributed by atoms with E-state index in [0.29, 0.717) is 25.1 Å². The van der Waals surface area contributed by atoms with Crippen molar-refractivity contribution >= 4 is 16.9 Å². The predicted octanol–water partition coefficient (Wildman–Crippen LogP) is 3.59. The Morgan fingerprint density at radius 1 is 1.00 bits per heavy atom. The highest BCUT2D eigenvalue weighted by Gasteiger charge is 2.29. The summed E-state index contributed by atoms with van der Waals surface area (Å²) in [6.45, 7) is 3.02. The first-order valence-corrected chi connectivity index (χ1v) is 9.42. The van der Waals surface area contributed by atoms with Crippen molar-refractivity contribution < 1.29 is 18.0 Å². The molecule has 8 heteroatoms. The van der Waals surface area contributed by atoms with Gasteiger partial charge in [0.1, 0.15) is 0 Å². The summed E-state index contributed by atoms with van der Waals surface area (Å²) in [4.78, 5) is 24.7. The van der Waals surface area contributed by atoms with Gasteiger partial charge in [0.2, 0.25) is 5.91 Å². The number of halogens is 3. The maximum atomic E-state index is 12.6. The van der Waals surface area contributed by atoms with Crippen molar-refractivity contribution in [3.8, 4) is 0 Å². The Balaban J connectivity index is 1.54. The van der Waals surface area contributed by atoms with Crippen molar-refractivity contribution in [1.82, 2.24) is 14.5 Å². The van der Waals surface area contributed by atoms with Crippen molar-refractivity contribution in [2.45, 2.75) is 39.0 Å². The third-order valence-electron chi connectivity index (χ3n) is 4.82. The van der Waals surface area contributed by atoms with Gasteiger partial charge in [0, 0.05) is 26.1 Å². The number of carbonyl (C=O) groups is 1. The summed E-state index contributed by atoms with van der Waals surface area (Å²) < 4.78 is 41.0. The number of carbonyl (C=O) groups excluding carboxylic acids is 1. The number of imidazole rings is 1. The molecule has 1 N–H and O–H groups in total. The molecule has 0 aliphatic rings. The molecule has 0 aliphatic heterocycles. The zero-order valence-electron chi connectivity index (χ0n) is 16.0. The van der Waals surface area contributed by atoms with E-state index in [9.17, 15) is 22.8 Å². The van der Waals surface area contributed by atoms with Crippen LogP contribution in [-0.4, -0.2) is 21.6 Å². The molecular formula is C21H22F3N3O2. The fraction of sp³-hybridized carbons (Fsp3) is 0.333. The van der Waals surface area contributed by atoms with Gasteiger partial charge in [-0.1, -0.05) is 24.3 Å². The molecule has 0 bridgehead atoms. The molecule has 5 nitrogen and oxygen atoms in total. The molecule has 0 unspecified atom stereocenters. The second-order valence-electron chi connectivity index (χ2n) is 6.71. The number of aryl methyl sites for hydroxylation is 2. The van der Waals surface area contributed by atoms with Gasteiger partial charge >= 0.3 is 11.9 Å². The summed E-state index contributed by atoms with van der Waals surface area (Å²) >= 11 is 0. The molecule has 29 heavy (non-hydrogen) atoms. The van der Waals surface area contributed by atoms with Crippen molar-refractivity contribution in [1.29, 1.82) is 0 Å². The van der Waals surface area contributed by atoms with Gasteiger partial charge in [-0.05, 0) is 43.2 Å². The number of para-hydroxylation sites is 2. The topological polar surface area (TPSA) is 56.0 Å². The number of nitrogens with one attached hydrogen (secondary N) is 1. The van der Waals surface area contributed by atoms with Gasteiger partial charge < -0.3 is 5.32 Å². The lowest BCUT2D eigenvalue weighted by Gasteiger charge is -2.09. The third-order valence-corrected chi connectivity index (χ3v) is 4.82. The molecule has 1 heterocycles. The number of nitrogens with zero attached hydrogens (tertiary/aromatic N) is 2. The molecule has 1 aromatic heterocycles. The van der Waals surface area contributed by atoms with E-state index in [-0.39, 0.29) is 24.6 Å². The monoisotopic (exact) mass is 405 g/mol. The summed E-state index contributed by atoms with van der Waals surface area (Å²) in [5.74, 6) is -0.211. The summed E-state index contributed by atoms with van der Waals surface area (Å²) in [5.41, 5.74) is 1.49. The van der Waals surface area contributed by atoms with E-state index in [1.54, 1.807) is 9.13 Å². The van der Waals surface area contributed by atoms with Crippen molar-refractivity contribution in [3.63, 3.8) is 0 Å². The smallest absolute Gasteiger partial charge is 0.356 e. The number of aromatic nitrogens is 2. The Hall–Kier alpha value is -3.03. The Labute approximate surface area is 165 Å². The molecule has 0 radical (unpaired) electrons. The highest BCUT2D eigenvalue weighted by molar-refractivity contribution is 5.78. The fourth-order valence-corrected chi connectivity index (χ4v) is 3.30. The van der Waals surface area contributed by atoms with E-state index >= 15 is 0 Å². The van der Waals surface area contributed by atoms with Crippen LogP contribution in [0.2, 0.25) is 0 Å². The minimum Gasteiger partial charge on any atom is -0.356 e. The first kappa shape index (κ1) is 20.7. The van der Waals surface area contributed by atoms with Gasteiger partial charge in [-0.3, -0.25) is 13.9 Å². The number of rotatable bonds is 7. The molecule has 0 aliphatic carbocycles. The van der Waals surface area contributed by atoms with E-state index in [0.717, 1.165) is 23.2 Å². The lowest BCUT2D eigenvalue weighted by atomic mass is 10.1. The summed E-state index contributed by atoms with van der Waals surface area (Å²) in [5, 5.41) is 2.75. The Kier molecular flexibility index (Phi) is 6.10. The number of benzene rings is 2. The molecule has 3 aromatic rings. The third kappa shape index (κ3) is 4.70. The van der Waals surface area contributed by atoms with Gasteiger partial charge in [0.15, 0.2) is 0 Å². The number of fused-ring (bicyclic) bond motifs is 1. The first-order chi connectivity index (χ1) is 13.8. The minimum absolute atomic E-state index is 0.143. The lowest BCUT2D eigenvalue weighted by Crippen LogP contribution is -2.29. The van der Waals surface area contributed by atoms with Crippen molar-refractivity contribution in [3.05, 3.63) is 70.1 Å². The van der Waals surface area contributed by atoms with Crippen molar-refractivity contribution in [2.75, 3.05) is 6.54 Å². The number of alkyl halides is 3. The number of hydrogen-bond donors (Lipinski definition) is 1. The van der Waals surface area contributed by atoms with Crippen LogP contribution in [0.15, 0.2) is 53.3 Å². The summed E-state index contributed by atoms with van der Waals surface area (Å²) in [7, 11) is 0. The highest BCUT2D eigenvalue weighted by atomic mass is 19.4. The van der Waals surface area contributed by atoms with Gasteiger partial charge in [-0.2, -0.15) is 13.2 Å². The average molecular weight is 405 g/mol. The van der Waals surface area contributed by atoms with Gasteiger partial charge in [-0.15, -0.1) is 0 Å². The molecule has 0 atom stereocenters. The van der Waals surface area contributed by atoms with Crippen LogP contribution < -0.4 is 11.0 Å². The van der Waals surface area contributed by atoms with Crippen LogP contribution in [0.3, 0.4) is 0 Å². The Morgan fingerprint density at radius 3 is 2.21 bits per heavy atom. The maximum Gasteiger partial charge on any atom is 0.416 e. The van der Waals surface area contributed by atoms with Gasteiger partial charge in [0.05, 0.1) is 16.6 Å². The van der Waals surface area contributed by atoms with E-state index in [1.165, 1.54) is 12.1 Å². The Bertz CT molecular complexity index is 1050. The molecule has 3 rings (SSSR count). The SMILES string of the molecule is CCn1c(=O)n(CCC(=O)NCCc2ccc(C(F)(F)F)cc2)c2ccccc21. The van der Waals surface area contributed by atoms with Crippen LogP contribution in [0.5, 0.6) is 0 Å². The molecule has 1 amide bonds. The van der Waals surface area contributed by atoms with Gasteiger partial charge in [0.25, 0.3) is 0 Å². The number of hydrogen-bond acceptors (Lipinski definition) is 2. The number of amides is 1. The normalized spacial score (nSPS) is 11.7. The standard InChI is InChI=1S/C21H22F3N3O2/c1-2-26-17-5-3-4-6-18(17)27(20(26)29)14-12-19(28)25-13-11-15-7-9-16(10-8-15)21(22,23)24/h3-10H,2,11-14H2,1H3,(H,25,28). The largest absolute Gasteiger partial charge is 0.416 e. The minimum atomic E-state index is -4.36. The zero-order chi connectivity index (χ0) is 21.0. The second-order valence-corrected chi connectivity index (χ2v) is 6.71. The highest BCUT2D eigenvalue weighted by Crippen LogP contribution is 2.29. The first-order valence-electron chi connectivity index (χ1n) is 9.42. The molecule has 154 valence electrons. The Morgan fingerprint density at radius 2 is 1.62 bits per heavy atom. The van der Waals surface area contributed by atoms with E-state index in [4.69, 9.17) is 0 Å². The van der Waals surface area contributed by atoms with Crippen molar-refractivity contribution in [2.24, 2.45) is 0 Å². The molecule has 0 fully saturated rings. The molecular weight excluding hydrogens is 383 g/mol. The summed E-state index contributed by atoms with van der Waals surface area (Å²) in [6.07, 6.45) is -3.78. The zero-order valence-corrected chi connectivity index (χ0v) is 16.0. The fourth-order valence-electron chi connectivity index (χ4n) is 3.30.